The molecule has 0 aliphatic carbocycles. The largest absolute Gasteiger partial charge is 0.497 e. The molecule has 0 spiro atoms. The highest BCUT2D eigenvalue weighted by Gasteiger charge is 2.28. The van der Waals surface area contributed by atoms with Crippen molar-refractivity contribution in [1.82, 2.24) is 20.4 Å². The van der Waals surface area contributed by atoms with Crippen LogP contribution in [-0.4, -0.2) is 41.2 Å². The van der Waals surface area contributed by atoms with Gasteiger partial charge in [0.2, 0.25) is 11.7 Å². The fourth-order valence-electron chi connectivity index (χ4n) is 3.39. The van der Waals surface area contributed by atoms with Gasteiger partial charge in [-0.2, -0.15) is 4.98 Å². The molecule has 0 unspecified atom stereocenters. The molecule has 29 heavy (non-hydrogen) atoms. The van der Waals surface area contributed by atoms with Crippen molar-refractivity contribution in [3.63, 3.8) is 0 Å². The molecule has 0 saturated carbocycles. The monoisotopic (exact) mass is 393 g/mol. The number of rotatable bonds is 6. The molecule has 0 radical (unpaired) electrons. The Morgan fingerprint density at radius 2 is 2.14 bits per heavy atom. The van der Waals surface area contributed by atoms with E-state index in [2.05, 4.69) is 20.4 Å². The van der Waals surface area contributed by atoms with E-state index in [-0.39, 0.29) is 11.8 Å². The van der Waals surface area contributed by atoms with Crippen molar-refractivity contribution in [2.24, 2.45) is 5.92 Å². The molecule has 1 amide bonds. The standard InChI is InChI=1S/C21H23N5O3/c1-28-18-9-7-15(8-10-18)19-24-21(29-25-19)26-12-4-5-16(14-26)20(27)23-13-17-6-2-3-11-22-17/h2-3,6-11,16H,4-5,12-14H2,1H3,(H,23,27)/t16-/m1/s1. The van der Waals surface area contributed by atoms with Gasteiger partial charge in [0.1, 0.15) is 5.75 Å². The molecule has 150 valence electrons. The third-order valence-electron chi connectivity index (χ3n) is 5.00. The summed E-state index contributed by atoms with van der Waals surface area (Å²) in [7, 11) is 1.63. The summed E-state index contributed by atoms with van der Waals surface area (Å²) in [6, 6.07) is 13.6. The second kappa shape index (κ2) is 8.72. The molecule has 3 heterocycles. The van der Waals surface area contributed by atoms with E-state index in [0.29, 0.717) is 24.9 Å². The highest BCUT2D eigenvalue weighted by molar-refractivity contribution is 5.79. The lowest BCUT2D eigenvalue weighted by Crippen LogP contribution is -2.43. The Morgan fingerprint density at radius 1 is 1.28 bits per heavy atom. The summed E-state index contributed by atoms with van der Waals surface area (Å²) >= 11 is 0. The van der Waals surface area contributed by atoms with Crippen LogP contribution in [0.4, 0.5) is 6.01 Å². The Bertz CT molecular complexity index is 942. The number of amides is 1. The summed E-state index contributed by atoms with van der Waals surface area (Å²) in [6.45, 7) is 1.77. The molecule has 1 aliphatic rings. The van der Waals surface area contributed by atoms with Crippen LogP contribution in [0.3, 0.4) is 0 Å². The van der Waals surface area contributed by atoms with Crippen molar-refractivity contribution in [2.75, 3.05) is 25.1 Å². The van der Waals surface area contributed by atoms with Gasteiger partial charge in [0.05, 0.1) is 25.3 Å². The maximum Gasteiger partial charge on any atom is 0.324 e. The molecule has 1 atom stereocenters. The van der Waals surface area contributed by atoms with Gasteiger partial charge in [0.15, 0.2) is 0 Å². The van der Waals surface area contributed by atoms with Gasteiger partial charge in [-0.3, -0.25) is 9.78 Å². The van der Waals surface area contributed by atoms with Crippen molar-refractivity contribution in [3.8, 4) is 17.1 Å². The lowest BCUT2D eigenvalue weighted by Gasteiger charge is -2.30. The number of benzene rings is 1. The molecule has 8 nitrogen and oxygen atoms in total. The van der Waals surface area contributed by atoms with E-state index in [1.54, 1.807) is 13.3 Å². The third kappa shape index (κ3) is 4.53. The van der Waals surface area contributed by atoms with Crippen LogP contribution >= 0.6 is 0 Å². The van der Waals surface area contributed by atoms with Crippen LogP contribution in [0, 0.1) is 5.92 Å². The zero-order valence-electron chi connectivity index (χ0n) is 16.2. The Kier molecular flexibility index (Phi) is 5.69. The average molecular weight is 393 g/mol. The summed E-state index contributed by atoms with van der Waals surface area (Å²) in [5.41, 5.74) is 1.69. The Balaban J connectivity index is 1.38. The normalized spacial score (nSPS) is 16.4. The Labute approximate surface area is 168 Å². The fourth-order valence-corrected chi connectivity index (χ4v) is 3.39. The van der Waals surface area contributed by atoms with Gasteiger partial charge in [-0.25, -0.2) is 0 Å². The molecule has 1 aliphatic heterocycles. The number of anilines is 1. The number of carbonyl (C=O) groups is 1. The molecule has 1 aromatic carbocycles. The van der Waals surface area contributed by atoms with Gasteiger partial charge >= 0.3 is 6.01 Å². The Hall–Kier alpha value is -3.42. The molecule has 1 saturated heterocycles. The fraction of sp³-hybridized carbons (Fsp3) is 0.333. The minimum Gasteiger partial charge on any atom is -0.497 e. The molecule has 4 rings (SSSR count). The highest BCUT2D eigenvalue weighted by Crippen LogP contribution is 2.25. The number of ether oxygens (including phenoxy) is 1. The number of hydrogen-bond acceptors (Lipinski definition) is 7. The number of aromatic nitrogens is 3. The predicted octanol–water partition coefficient (Wildman–Crippen LogP) is 2.67. The lowest BCUT2D eigenvalue weighted by atomic mass is 9.97. The molecular formula is C21H23N5O3. The molecule has 1 N–H and O–H groups in total. The van der Waals surface area contributed by atoms with Gasteiger partial charge in [0, 0.05) is 24.8 Å². The topological polar surface area (TPSA) is 93.4 Å². The summed E-state index contributed by atoms with van der Waals surface area (Å²) in [5, 5.41) is 7.06. The van der Waals surface area contributed by atoms with Crippen LogP contribution in [-0.2, 0) is 11.3 Å². The maximum atomic E-state index is 12.6. The van der Waals surface area contributed by atoms with Gasteiger partial charge in [0.25, 0.3) is 0 Å². The smallest absolute Gasteiger partial charge is 0.324 e. The maximum absolute atomic E-state index is 12.6. The SMILES string of the molecule is COc1ccc(-c2noc(N3CCC[C@@H](C(=O)NCc4ccccn4)C3)n2)cc1. The molecule has 1 fully saturated rings. The van der Waals surface area contributed by atoms with E-state index in [9.17, 15) is 4.79 Å². The number of nitrogens with one attached hydrogen (secondary N) is 1. The summed E-state index contributed by atoms with van der Waals surface area (Å²) < 4.78 is 10.6. The molecular weight excluding hydrogens is 370 g/mol. The number of piperidine rings is 1. The van der Waals surface area contributed by atoms with Crippen molar-refractivity contribution < 1.29 is 14.1 Å². The minimum absolute atomic E-state index is 0.0234. The minimum atomic E-state index is -0.121. The van der Waals surface area contributed by atoms with Crippen LogP contribution in [0.1, 0.15) is 18.5 Å². The lowest BCUT2D eigenvalue weighted by molar-refractivity contribution is -0.125. The number of pyridine rings is 1. The van der Waals surface area contributed by atoms with E-state index in [1.807, 2.05) is 47.4 Å². The summed E-state index contributed by atoms with van der Waals surface area (Å²) in [6.07, 6.45) is 3.45. The van der Waals surface area contributed by atoms with Gasteiger partial charge in [-0.05, 0) is 49.2 Å². The quantitative estimate of drug-likeness (QED) is 0.688. The Morgan fingerprint density at radius 3 is 2.90 bits per heavy atom. The number of hydrogen-bond donors (Lipinski definition) is 1. The van der Waals surface area contributed by atoms with Crippen LogP contribution in [0.25, 0.3) is 11.4 Å². The molecule has 2 aromatic heterocycles. The zero-order valence-corrected chi connectivity index (χ0v) is 16.2. The van der Waals surface area contributed by atoms with E-state index in [4.69, 9.17) is 9.26 Å². The highest BCUT2D eigenvalue weighted by atomic mass is 16.5. The molecule has 0 bridgehead atoms. The van der Waals surface area contributed by atoms with Gasteiger partial charge in [-0.15, -0.1) is 0 Å². The van der Waals surface area contributed by atoms with Crippen LogP contribution in [0.2, 0.25) is 0 Å². The number of methoxy groups -OCH3 is 1. The van der Waals surface area contributed by atoms with Gasteiger partial charge < -0.3 is 19.5 Å². The second-order valence-electron chi connectivity index (χ2n) is 6.95. The first-order valence-corrected chi connectivity index (χ1v) is 9.63. The van der Waals surface area contributed by atoms with Crippen molar-refractivity contribution in [2.45, 2.75) is 19.4 Å². The summed E-state index contributed by atoms with van der Waals surface area (Å²) in [5.74, 6) is 1.19. The molecule has 8 heteroatoms. The van der Waals surface area contributed by atoms with Crippen LogP contribution < -0.4 is 15.0 Å². The van der Waals surface area contributed by atoms with Crippen molar-refractivity contribution >= 4 is 11.9 Å². The van der Waals surface area contributed by atoms with Gasteiger partial charge in [-0.1, -0.05) is 11.2 Å². The van der Waals surface area contributed by atoms with Crippen molar-refractivity contribution in [1.29, 1.82) is 0 Å². The van der Waals surface area contributed by atoms with E-state index < -0.39 is 0 Å². The van der Waals surface area contributed by atoms with E-state index >= 15 is 0 Å². The predicted molar refractivity (Wildman–Crippen MR) is 107 cm³/mol. The van der Waals surface area contributed by atoms with Crippen LogP contribution in [0.5, 0.6) is 5.75 Å². The number of nitrogens with zero attached hydrogens (tertiary/aromatic N) is 4. The second-order valence-corrected chi connectivity index (χ2v) is 6.95. The van der Waals surface area contributed by atoms with Crippen molar-refractivity contribution in [3.05, 3.63) is 54.4 Å². The zero-order chi connectivity index (χ0) is 20.1. The first-order chi connectivity index (χ1) is 14.2. The molecule has 3 aromatic rings. The first kappa shape index (κ1) is 18.9. The third-order valence-corrected chi connectivity index (χ3v) is 5.00. The van der Waals surface area contributed by atoms with E-state index in [1.165, 1.54) is 0 Å². The van der Waals surface area contributed by atoms with E-state index in [0.717, 1.165) is 36.4 Å². The average Bonchev–Trinajstić information content (AvgIpc) is 3.29. The number of carbonyl (C=O) groups excluding carboxylic acids is 1. The summed E-state index contributed by atoms with van der Waals surface area (Å²) in [4.78, 5) is 23.3. The first-order valence-electron chi connectivity index (χ1n) is 9.63. The van der Waals surface area contributed by atoms with Crippen LogP contribution in [0.15, 0.2) is 53.2 Å².